The fraction of sp³-hybridized carbons (Fsp3) is 0.250. The number of carbonyl (C=O) groups excluding carboxylic acids is 1. The van der Waals surface area contributed by atoms with Crippen LogP contribution in [0, 0.1) is 5.92 Å². The largest absolute Gasteiger partial charge is 0.481 e. The van der Waals surface area contributed by atoms with E-state index in [1.807, 2.05) is 36.5 Å². The minimum absolute atomic E-state index is 0.0409. The molecule has 2 heterocycles. The second-order valence-corrected chi connectivity index (χ2v) is 7.79. The van der Waals surface area contributed by atoms with Crippen molar-refractivity contribution in [2.75, 3.05) is 0 Å². The number of para-hydroxylation sites is 1. The Morgan fingerprint density at radius 3 is 2.83 bits per heavy atom. The van der Waals surface area contributed by atoms with Crippen molar-refractivity contribution >= 4 is 33.6 Å². The van der Waals surface area contributed by atoms with E-state index in [1.165, 1.54) is 5.56 Å². The third-order valence-electron chi connectivity index (χ3n) is 5.95. The van der Waals surface area contributed by atoms with Crippen molar-refractivity contribution in [1.82, 2.24) is 4.98 Å². The maximum atomic E-state index is 12.9. The summed E-state index contributed by atoms with van der Waals surface area (Å²) in [5.74, 6) is -0.885. The lowest BCUT2D eigenvalue weighted by molar-refractivity contribution is -0.141. The molecule has 0 spiro atoms. The average Bonchev–Trinajstić information content (AvgIpc) is 3.41. The van der Waals surface area contributed by atoms with E-state index in [2.05, 4.69) is 4.98 Å². The zero-order valence-electron chi connectivity index (χ0n) is 15.9. The molecule has 1 atom stereocenters. The van der Waals surface area contributed by atoms with E-state index in [9.17, 15) is 14.7 Å². The summed E-state index contributed by atoms with van der Waals surface area (Å²) in [6.07, 6.45) is 5.17. The second kappa shape index (κ2) is 6.92. The van der Waals surface area contributed by atoms with Crippen molar-refractivity contribution in [1.29, 1.82) is 0 Å². The minimum atomic E-state index is -0.957. The summed E-state index contributed by atoms with van der Waals surface area (Å²) in [4.78, 5) is 27.9. The fourth-order valence-electron chi connectivity index (χ4n) is 4.43. The van der Waals surface area contributed by atoms with E-state index in [-0.39, 0.29) is 12.2 Å². The number of aromatic nitrogens is 1. The summed E-state index contributed by atoms with van der Waals surface area (Å²) in [5.41, 5.74) is 4.37. The van der Waals surface area contributed by atoms with Gasteiger partial charge in [0.25, 0.3) is 0 Å². The Morgan fingerprint density at radius 2 is 1.97 bits per heavy atom. The van der Waals surface area contributed by atoms with Gasteiger partial charge in [-0.2, -0.15) is 0 Å². The molecule has 29 heavy (non-hydrogen) atoms. The molecule has 0 bridgehead atoms. The summed E-state index contributed by atoms with van der Waals surface area (Å²) in [7, 11) is 0. The van der Waals surface area contributed by atoms with Gasteiger partial charge in [0.05, 0.1) is 5.92 Å². The van der Waals surface area contributed by atoms with E-state index < -0.39 is 11.9 Å². The van der Waals surface area contributed by atoms with Crippen molar-refractivity contribution in [3.63, 3.8) is 0 Å². The maximum Gasteiger partial charge on any atom is 0.307 e. The van der Waals surface area contributed by atoms with Crippen LogP contribution in [0.15, 0.2) is 53.1 Å². The number of aryl methyl sites for hydroxylation is 2. The first-order valence-corrected chi connectivity index (χ1v) is 9.95. The molecular weight excluding hydrogens is 366 g/mol. The Bertz CT molecular complexity index is 1250. The van der Waals surface area contributed by atoms with Crippen LogP contribution in [0.5, 0.6) is 0 Å². The number of rotatable bonds is 6. The molecule has 0 amide bonds. The molecular formula is C24H21NO4. The number of fused-ring (bicyclic) bond motifs is 4. The molecule has 146 valence electrons. The minimum Gasteiger partial charge on any atom is -0.481 e. The number of aliphatic carboxylic acids is 1. The highest BCUT2D eigenvalue weighted by Crippen LogP contribution is 2.33. The third-order valence-corrected chi connectivity index (χ3v) is 5.95. The number of furan rings is 1. The van der Waals surface area contributed by atoms with Crippen LogP contribution in [0.1, 0.15) is 40.1 Å². The molecule has 4 aromatic rings. The molecule has 2 aromatic heterocycles. The molecule has 5 heteroatoms. The van der Waals surface area contributed by atoms with Crippen LogP contribution in [0.25, 0.3) is 21.9 Å². The highest BCUT2D eigenvalue weighted by Gasteiger charge is 2.25. The molecule has 2 N–H and O–H groups in total. The second-order valence-electron chi connectivity index (χ2n) is 7.79. The molecule has 5 nitrogen and oxygen atoms in total. The molecule has 0 saturated carbocycles. The first-order valence-electron chi connectivity index (χ1n) is 9.95. The van der Waals surface area contributed by atoms with E-state index >= 15 is 0 Å². The maximum absolute atomic E-state index is 12.9. The number of Topliss-reactive ketones (excluding diaryl/α,β-unsaturated/α-hetero) is 1. The first-order chi connectivity index (χ1) is 14.1. The van der Waals surface area contributed by atoms with E-state index in [4.69, 9.17) is 4.42 Å². The van der Waals surface area contributed by atoms with E-state index in [0.29, 0.717) is 12.0 Å². The van der Waals surface area contributed by atoms with Gasteiger partial charge in [0, 0.05) is 46.5 Å². The van der Waals surface area contributed by atoms with Crippen LogP contribution in [0.3, 0.4) is 0 Å². The first kappa shape index (κ1) is 17.7. The SMILES string of the molecule is O=C(C[C@H](Cc1c[nH]c2ccccc12)C(=O)O)c1ccc2c3c(oc2c1)CCC3. The number of hydrogen-bond donors (Lipinski definition) is 2. The Morgan fingerprint density at radius 1 is 1.10 bits per heavy atom. The van der Waals surface area contributed by atoms with Crippen molar-refractivity contribution in [2.24, 2.45) is 5.92 Å². The van der Waals surface area contributed by atoms with Gasteiger partial charge in [0.15, 0.2) is 5.78 Å². The molecule has 0 aliphatic heterocycles. The molecule has 0 saturated heterocycles. The number of benzene rings is 2. The molecule has 2 aromatic carbocycles. The number of carbonyl (C=O) groups is 2. The molecule has 5 rings (SSSR count). The van der Waals surface area contributed by atoms with Crippen LogP contribution < -0.4 is 0 Å². The lowest BCUT2D eigenvalue weighted by Gasteiger charge is -2.11. The Labute approximate surface area is 167 Å². The summed E-state index contributed by atoms with van der Waals surface area (Å²) in [6, 6.07) is 13.3. The average molecular weight is 387 g/mol. The summed E-state index contributed by atoms with van der Waals surface area (Å²) >= 11 is 0. The van der Waals surface area contributed by atoms with Gasteiger partial charge in [0.2, 0.25) is 0 Å². The quantitative estimate of drug-likeness (QED) is 0.460. The van der Waals surface area contributed by atoms with Crippen molar-refractivity contribution < 1.29 is 19.1 Å². The lowest BCUT2D eigenvalue weighted by Crippen LogP contribution is -2.20. The van der Waals surface area contributed by atoms with Gasteiger partial charge < -0.3 is 14.5 Å². The zero-order valence-corrected chi connectivity index (χ0v) is 15.9. The van der Waals surface area contributed by atoms with E-state index in [0.717, 1.165) is 52.5 Å². The Kier molecular flexibility index (Phi) is 4.23. The van der Waals surface area contributed by atoms with E-state index in [1.54, 1.807) is 12.1 Å². The number of carboxylic acid groups (broad SMARTS) is 1. The zero-order chi connectivity index (χ0) is 20.0. The van der Waals surface area contributed by atoms with Gasteiger partial charge in [0.1, 0.15) is 11.3 Å². The number of ketones is 1. The van der Waals surface area contributed by atoms with Crippen LogP contribution in [0.4, 0.5) is 0 Å². The topological polar surface area (TPSA) is 83.3 Å². The van der Waals surface area contributed by atoms with Crippen LogP contribution in [-0.2, 0) is 24.1 Å². The van der Waals surface area contributed by atoms with Gasteiger partial charge in [-0.3, -0.25) is 9.59 Å². The number of H-pyrrole nitrogens is 1. The van der Waals surface area contributed by atoms with Crippen LogP contribution in [0.2, 0.25) is 0 Å². The Balaban J connectivity index is 1.38. The summed E-state index contributed by atoms with van der Waals surface area (Å²) < 4.78 is 5.91. The van der Waals surface area contributed by atoms with Gasteiger partial charge in [-0.25, -0.2) is 0 Å². The normalized spacial score (nSPS) is 14.3. The predicted molar refractivity (Wildman–Crippen MR) is 110 cm³/mol. The van der Waals surface area contributed by atoms with Gasteiger partial charge in [-0.15, -0.1) is 0 Å². The summed E-state index contributed by atoms with van der Waals surface area (Å²) in [5, 5.41) is 11.8. The monoisotopic (exact) mass is 387 g/mol. The lowest BCUT2D eigenvalue weighted by atomic mass is 9.91. The fourth-order valence-corrected chi connectivity index (χ4v) is 4.43. The molecule has 0 fully saturated rings. The van der Waals surface area contributed by atoms with Gasteiger partial charge >= 0.3 is 5.97 Å². The number of carboxylic acids is 1. The standard InChI is InChI=1S/C24H21NO4/c26-21(14-8-9-19-18-5-3-7-22(18)29-23(19)12-14)11-15(24(27)28)10-16-13-25-20-6-2-1-4-17(16)20/h1-2,4,6,8-9,12-13,15,25H,3,5,7,10-11H2,(H,27,28)/t15-/m0/s1. The molecule has 0 radical (unpaired) electrons. The number of hydrogen-bond acceptors (Lipinski definition) is 3. The van der Waals surface area contributed by atoms with Crippen molar-refractivity contribution in [3.05, 3.63) is 71.1 Å². The third kappa shape index (κ3) is 3.12. The summed E-state index contributed by atoms with van der Waals surface area (Å²) in [6.45, 7) is 0. The van der Waals surface area contributed by atoms with Gasteiger partial charge in [-0.1, -0.05) is 30.3 Å². The Hall–Kier alpha value is -3.34. The predicted octanol–water partition coefficient (Wildman–Crippen LogP) is 4.92. The van der Waals surface area contributed by atoms with Crippen molar-refractivity contribution in [2.45, 2.75) is 32.1 Å². The smallest absolute Gasteiger partial charge is 0.307 e. The highest BCUT2D eigenvalue weighted by molar-refractivity contribution is 6.01. The number of nitrogens with one attached hydrogen (secondary N) is 1. The number of aromatic amines is 1. The highest BCUT2D eigenvalue weighted by atomic mass is 16.4. The molecule has 1 aliphatic rings. The molecule has 1 aliphatic carbocycles. The van der Waals surface area contributed by atoms with Crippen LogP contribution in [-0.4, -0.2) is 21.8 Å². The molecule has 0 unspecified atom stereocenters. The van der Waals surface area contributed by atoms with Crippen LogP contribution >= 0.6 is 0 Å². The van der Waals surface area contributed by atoms with Gasteiger partial charge in [-0.05, 0) is 37.0 Å². The van der Waals surface area contributed by atoms with Crippen molar-refractivity contribution in [3.8, 4) is 0 Å².